The number of benzene rings is 3. The third-order valence-corrected chi connectivity index (χ3v) is 11.8. The van der Waals surface area contributed by atoms with Gasteiger partial charge in [0, 0.05) is 12.5 Å². The van der Waals surface area contributed by atoms with Crippen LogP contribution in [0.4, 0.5) is 10.1 Å². The van der Waals surface area contributed by atoms with Crippen molar-refractivity contribution in [2.45, 2.75) is 48.8 Å². The van der Waals surface area contributed by atoms with Crippen LogP contribution in [0.25, 0.3) is 0 Å². The zero-order chi connectivity index (χ0) is 33.6. The molecule has 6 atom stereocenters. The molecule has 2 N–H and O–H groups in total. The predicted molar refractivity (Wildman–Crippen MR) is 173 cm³/mol. The Hall–Kier alpha value is -4.21. The van der Waals surface area contributed by atoms with Crippen molar-refractivity contribution in [1.29, 1.82) is 0 Å². The van der Waals surface area contributed by atoms with Gasteiger partial charge in [-0.2, -0.15) is 0 Å². The number of likely N-dealkylation sites (tertiary alicyclic amines) is 1. The largest absolute Gasteiger partial charge is 0.508 e. The molecule has 2 aliphatic heterocycles. The van der Waals surface area contributed by atoms with E-state index in [2.05, 4.69) is 0 Å². The first-order valence-corrected chi connectivity index (χ1v) is 16.2. The minimum atomic E-state index is -2.05. The summed E-state index contributed by atoms with van der Waals surface area (Å²) in [5.74, 6) is -5.81. The molecular formula is C36H31Cl2FN2O6. The molecule has 7 rings (SSSR count). The van der Waals surface area contributed by atoms with E-state index in [1.165, 1.54) is 17.0 Å². The van der Waals surface area contributed by atoms with Crippen molar-refractivity contribution in [3.63, 3.8) is 0 Å². The van der Waals surface area contributed by atoms with Crippen LogP contribution < -0.4 is 4.90 Å². The first kappa shape index (κ1) is 31.4. The summed E-state index contributed by atoms with van der Waals surface area (Å²) < 4.78 is 13.9. The van der Waals surface area contributed by atoms with Crippen LogP contribution in [-0.2, 0) is 25.6 Å². The number of fused-ring (bicyclic) bond motifs is 4. The lowest BCUT2D eigenvalue weighted by molar-refractivity contribution is -0.140. The Labute approximate surface area is 280 Å². The molecule has 0 spiro atoms. The zero-order valence-electron chi connectivity index (χ0n) is 25.5. The Bertz CT molecular complexity index is 1870. The maximum atomic E-state index is 14.5. The van der Waals surface area contributed by atoms with E-state index in [-0.39, 0.29) is 48.4 Å². The molecule has 0 aromatic heterocycles. The summed E-state index contributed by atoms with van der Waals surface area (Å²) in [6.45, 7) is 3.56. The summed E-state index contributed by atoms with van der Waals surface area (Å²) in [4.78, 5) is 54.8. The van der Waals surface area contributed by atoms with E-state index in [9.17, 15) is 33.8 Å². The molecular weight excluding hydrogens is 646 g/mol. The molecule has 3 fully saturated rings. The van der Waals surface area contributed by atoms with E-state index in [4.69, 9.17) is 23.2 Å². The number of phenols is 2. The highest BCUT2D eigenvalue weighted by atomic mass is 35.5. The minimum absolute atomic E-state index is 0.0714. The molecule has 2 aliphatic carbocycles. The van der Waals surface area contributed by atoms with E-state index in [0.29, 0.717) is 28.7 Å². The van der Waals surface area contributed by atoms with Gasteiger partial charge < -0.3 is 10.2 Å². The van der Waals surface area contributed by atoms with Crippen molar-refractivity contribution < 1.29 is 33.8 Å². The number of amides is 4. The smallest absolute Gasteiger partial charge is 0.258 e. The fourth-order valence-electron chi connectivity index (χ4n) is 8.12. The Kier molecular flexibility index (Phi) is 7.29. The van der Waals surface area contributed by atoms with Gasteiger partial charge >= 0.3 is 0 Å². The number of carbonyl (C=O) groups is 4. The molecule has 8 nitrogen and oxygen atoms in total. The standard InChI is InChI=1S/C36H31Cl2FN2O6/c1-18-15-21(16-19(2)30(18)43)29-25-11-12-26-28(32(45)40(31(26)44)14-13-20-3-9-24(42)10-4-20)27(25)17-35(37)33(46)41(34(47)36(29,35)38)23-7-5-22(39)6-8-23/h3-11,15-16,26-29,42-43H,12-14,17H2,1-2H3. The van der Waals surface area contributed by atoms with Gasteiger partial charge in [-0.1, -0.05) is 35.9 Å². The molecule has 0 radical (unpaired) electrons. The lowest BCUT2D eigenvalue weighted by Gasteiger charge is -2.50. The Morgan fingerprint density at radius 2 is 1.51 bits per heavy atom. The van der Waals surface area contributed by atoms with Crippen molar-refractivity contribution in [3.05, 3.63) is 100 Å². The molecule has 2 saturated heterocycles. The Morgan fingerprint density at radius 1 is 0.872 bits per heavy atom. The molecule has 3 aromatic carbocycles. The maximum Gasteiger partial charge on any atom is 0.258 e. The Morgan fingerprint density at radius 3 is 2.15 bits per heavy atom. The molecule has 4 aliphatic rings. The number of carbonyl (C=O) groups excluding carboxylic acids is 4. The fourth-order valence-corrected chi connectivity index (χ4v) is 9.05. The van der Waals surface area contributed by atoms with Crippen LogP contribution >= 0.6 is 23.2 Å². The van der Waals surface area contributed by atoms with Gasteiger partial charge in [0.25, 0.3) is 11.8 Å². The summed E-state index contributed by atoms with van der Waals surface area (Å²) in [6.07, 6.45) is 2.31. The van der Waals surface area contributed by atoms with Crippen molar-refractivity contribution in [1.82, 2.24) is 4.90 Å². The van der Waals surface area contributed by atoms with Gasteiger partial charge in [-0.25, -0.2) is 9.29 Å². The molecule has 47 heavy (non-hydrogen) atoms. The number of hydrogen-bond donors (Lipinski definition) is 2. The van der Waals surface area contributed by atoms with Crippen molar-refractivity contribution in [2.75, 3.05) is 11.4 Å². The molecule has 4 amide bonds. The summed E-state index contributed by atoms with van der Waals surface area (Å²) in [5.41, 5.74) is 3.18. The third-order valence-electron chi connectivity index (χ3n) is 10.4. The quantitative estimate of drug-likeness (QED) is 0.205. The van der Waals surface area contributed by atoms with Gasteiger partial charge in [0.05, 0.1) is 17.5 Å². The molecule has 6 unspecified atom stereocenters. The molecule has 3 aromatic rings. The highest BCUT2D eigenvalue weighted by Crippen LogP contribution is 2.66. The predicted octanol–water partition coefficient (Wildman–Crippen LogP) is 5.66. The number of alkyl halides is 2. The fraction of sp³-hybridized carbons (Fsp3) is 0.333. The average molecular weight is 678 g/mol. The number of nitrogens with zero attached hydrogens (tertiary/aromatic N) is 2. The van der Waals surface area contributed by atoms with Crippen LogP contribution in [0.15, 0.2) is 72.3 Å². The number of rotatable bonds is 5. The van der Waals surface area contributed by atoms with E-state index in [1.807, 2.05) is 6.08 Å². The second-order valence-electron chi connectivity index (χ2n) is 13.0. The highest BCUT2D eigenvalue weighted by Gasteiger charge is 2.76. The van der Waals surface area contributed by atoms with Crippen LogP contribution in [0.2, 0.25) is 0 Å². The second kappa shape index (κ2) is 10.9. The first-order valence-electron chi connectivity index (χ1n) is 15.4. The average Bonchev–Trinajstić information content (AvgIpc) is 3.37. The number of aryl methyl sites for hydroxylation is 2. The number of allylic oxidation sites excluding steroid dienone is 2. The van der Waals surface area contributed by atoms with Crippen molar-refractivity contribution in [2.24, 2.45) is 17.8 Å². The van der Waals surface area contributed by atoms with Crippen LogP contribution in [0, 0.1) is 37.4 Å². The zero-order valence-corrected chi connectivity index (χ0v) is 27.1. The van der Waals surface area contributed by atoms with Crippen LogP contribution in [0.3, 0.4) is 0 Å². The third kappa shape index (κ3) is 4.46. The van der Waals surface area contributed by atoms with Crippen molar-refractivity contribution >= 4 is 52.5 Å². The number of aromatic hydroxyl groups is 2. The van der Waals surface area contributed by atoms with Gasteiger partial charge in [0.1, 0.15) is 17.3 Å². The molecule has 11 heteroatoms. The molecule has 242 valence electrons. The van der Waals surface area contributed by atoms with E-state index >= 15 is 0 Å². The number of halogens is 3. The summed E-state index contributed by atoms with van der Waals surface area (Å²) >= 11 is 14.8. The SMILES string of the molecule is Cc1cc(C2C3=CCC4C(=O)N(CCc5ccc(O)cc5)C(=O)C4C3CC3(Cl)C(=O)N(c4ccc(F)cc4)C(=O)C23Cl)cc(C)c1O. The van der Waals surface area contributed by atoms with E-state index in [1.54, 1.807) is 50.2 Å². The second-order valence-corrected chi connectivity index (χ2v) is 14.2. The number of imide groups is 2. The molecule has 0 bridgehead atoms. The highest BCUT2D eigenvalue weighted by molar-refractivity contribution is 6.58. The first-order chi connectivity index (χ1) is 22.3. The van der Waals surface area contributed by atoms with Crippen LogP contribution in [0.1, 0.15) is 41.0 Å². The minimum Gasteiger partial charge on any atom is -0.508 e. The summed E-state index contributed by atoms with van der Waals surface area (Å²) in [6, 6.07) is 14.8. The maximum absolute atomic E-state index is 14.5. The number of phenolic OH excluding ortho intramolecular Hbond substituents is 2. The van der Waals surface area contributed by atoms with Gasteiger partial charge in [-0.3, -0.25) is 24.1 Å². The van der Waals surface area contributed by atoms with E-state index < -0.39 is 51.1 Å². The lowest BCUT2D eigenvalue weighted by Crippen LogP contribution is -2.60. The van der Waals surface area contributed by atoms with Crippen LogP contribution in [0.5, 0.6) is 11.5 Å². The van der Waals surface area contributed by atoms with Gasteiger partial charge in [0.15, 0.2) is 9.75 Å². The Balaban J connectivity index is 1.33. The number of anilines is 1. The van der Waals surface area contributed by atoms with E-state index in [0.717, 1.165) is 22.6 Å². The molecule has 2 heterocycles. The van der Waals surface area contributed by atoms with Gasteiger partial charge in [-0.05, 0) is 97.7 Å². The van der Waals surface area contributed by atoms with Gasteiger partial charge in [0.2, 0.25) is 11.8 Å². The van der Waals surface area contributed by atoms with Crippen molar-refractivity contribution in [3.8, 4) is 11.5 Å². The number of hydrogen-bond acceptors (Lipinski definition) is 6. The summed E-state index contributed by atoms with van der Waals surface area (Å²) in [7, 11) is 0. The topological polar surface area (TPSA) is 115 Å². The normalized spacial score (nSPS) is 29.9. The van der Waals surface area contributed by atoms with Crippen LogP contribution in [-0.4, -0.2) is 55.0 Å². The lowest BCUT2D eigenvalue weighted by atomic mass is 9.56. The molecule has 1 saturated carbocycles. The monoisotopic (exact) mass is 676 g/mol. The summed E-state index contributed by atoms with van der Waals surface area (Å²) in [5, 5.41) is 20.2. The van der Waals surface area contributed by atoms with Gasteiger partial charge in [-0.15, -0.1) is 23.2 Å².